The van der Waals surface area contributed by atoms with Gasteiger partial charge in [-0.2, -0.15) is 5.10 Å². The van der Waals surface area contributed by atoms with Gasteiger partial charge in [-0.3, -0.25) is 4.98 Å². The molecular weight excluding hydrogens is 214 g/mol. The molecule has 0 bridgehead atoms. The standard InChI is InChI=1S/C12H17N5/c1-4-14-11-7-13-8-12(15-11)17-6-5-10(16-17)9(2)3/h5-9H,4H2,1-3H3,(H,14,15). The second-order valence-electron chi connectivity index (χ2n) is 4.13. The van der Waals surface area contributed by atoms with Crippen LogP contribution in [-0.4, -0.2) is 26.3 Å². The van der Waals surface area contributed by atoms with Crippen LogP contribution in [0.25, 0.3) is 5.82 Å². The van der Waals surface area contributed by atoms with E-state index in [0.717, 1.165) is 23.9 Å². The summed E-state index contributed by atoms with van der Waals surface area (Å²) in [4.78, 5) is 8.58. The van der Waals surface area contributed by atoms with E-state index in [1.165, 1.54) is 0 Å². The Morgan fingerprint density at radius 1 is 1.35 bits per heavy atom. The number of nitrogens with one attached hydrogen (secondary N) is 1. The molecule has 2 rings (SSSR count). The van der Waals surface area contributed by atoms with E-state index < -0.39 is 0 Å². The van der Waals surface area contributed by atoms with Gasteiger partial charge in [0.1, 0.15) is 5.82 Å². The Labute approximate surface area is 101 Å². The van der Waals surface area contributed by atoms with Crippen molar-refractivity contribution in [3.8, 4) is 5.82 Å². The number of rotatable bonds is 4. The zero-order valence-corrected chi connectivity index (χ0v) is 10.4. The summed E-state index contributed by atoms with van der Waals surface area (Å²) in [5, 5.41) is 7.60. The second-order valence-corrected chi connectivity index (χ2v) is 4.13. The molecule has 0 fully saturated rings. The van der Waals surface area contributed by atoms with Crippen LogP contribution in [0.2, 0.25) is 0 Å². The number of hydrogen-bond donors (Lipinski definition) is 1. The van der Waals surface area contributed by atoms with Crippen LogP contribution in [0.15, 0.2) is 24.7 Å². The summed E-state index contributed by atoms with van der Waals surface area (Å²) in [5.74, 6) is 1.92. The summed E-state index contributed by atoms with van der Waals surface area (Å²) in [6.45, 7) is 7.09. The van der Waals surface area contributed by atoms with Crippen molar-refractivity contribution in [1.29, 1.82) is 0 Å². The Morgan fingerprint density at radius 3 is 2.82 bits per heavy atom. The first-order valence-electron chi connectivity index (χ1n) is 5.82. The molecule has 90 valence electrons. The first-order chi connectivity index (χ1) is 8.20. The maximum absolute atomic E-state index is 4.47. The molecule has 0 aliphatic rings. The van der Waals surface area contributed by atoms with Crippen molar-refractivity contribution in [3.05, 3.63) is 30.4 Å². The van der Waals surface area contributed by atoms with E-state index in [1.807, 2.05) is 19.2 Å². The summed E-state index contributed by atoms with van der Waals surface area (Å²) in [6, 6.07) is 2.01. The van der Waals surface area contributed by atoms with Gasteiger partial charge >= 0.3 is 0 Å². The van der Waals surface area contributed by atoms with Gasteiger partial charge in [-0.25, -0.2) is 9.67 Å². The predicted molar refractivity (Wildman–Crippen MR) is 67.4 cm³/mol. The van der Waals surface area contributed by atoms with Gasteiger partial charge < -0.3 is 5.32 Å². The Kier molecular flexibility index (Phi) is 3.37. The molecule has 5 heteroatoms. The predicted octanol–water partition coefficient (Wildman–Crippen LogP) is 2.22. The van der Waals surface area contributed by atoms with Gasteiger partial charge in [0.25, 0.3) is 0 Å². The number of aromatic nitrogens is 4. The molecule has 0 saturated heterocycles. The van der Waals surface area contributed by atoms with Crippen LogP contribution in [0.5, 0.6) is 0 Å². The van der Waals surface area contributed by atoms with Crippen LogP contribution >= 0.6 is 0 Å². The molecule has 0 radical (unpaired) electrons. The average Bonchev–Trinajstić information content (AvgIpc) is 2.79. The highest BCUT2D eigenvalue weighted by Gasteiger charge is 2.06. The summed E-state index contributed by atoms with van der Waals surface area (Å²) in [5.41, 5.74) is 1.06. The monoisotopic (exact) mass is 231 g/mol. The number of hydrogen-bond acceptors (Lipinski definition) is 4. The maximum Gasteiger partial charge on any atom is 0.173 e. The van der Waals surface area contributed by atoms with Crippen LogP contribution in [0.1, 0.15) is 32.4 Å². The van der Waals surface area contributed by atoms with Gasteiger partial charge in [0.2, 0.25) is 0 Å². The highest BCUT2D eigenvalue weighted by molar-refractivity contribution is 5.35. The normalized spacial score (nSPS) is 10.8. The molecule has 0 unspecified atom stereocenters. The smallest absolute Gasteiger partial charge is 0.173 e. The zero-order chi connectivity index (χ0) is 12.3. The average molecular weight is 231 g/mol. The van der Waals surface area contributed by atoms with Gasteiger partial charge in [-0.05, 0) is 18.9 Å². The molecule has 5 nitrogen and oxygen atoms in total. The van der Waals surface area contributed by atoms with Crippen molar-refractivity contribution < 1.29 is 0 Å². The number of nitrogens with zero attached hydrogens (tertiary/aromatic N) is 4. The van der Waals surface area contributed by atoms with Crippen LogP contribution in [0, 0.1) is 0 Å². The van der Waals surface area contributed by atoms with Crippen LogP contribution < -0.4 is 5.32 Å². The zero-order valence-electron chi connectivity index (χ0n) is 10.4. The van der Waals surface area contributed by atoms with Crippen molar-refractivity contribution in [2.45, 2.75) is 26.7 Å². The van der Waals surface area contributed by atoms with E-state index in [1.54, 1.807) is 17.1 Å². The molecule has 0 aliphatic carbocycles. The van der Waals surface area contributed by atoms with Crippen molar-refractivity contribution >= 4 is 5.82 Å². The van der Waals surface area contributed by atoms with E-state index in [0.29, 0.717) is 5.92 Å². The molecule has 2 aromatic rings. The third-order valence-corrected chi connectivity index (χ3v) is 2.42. The lowest BCUT2D eigenvalue weighted by atomic mass is 10.1. The topological polar surface area (TPSA) is 55.6 Å². The van der Waals surface area contributed by atoms with E-state index in [9.17, 15) is 0 Å². The van der Waals surface area contributed by atoms with Crippen LogP contribution in [0.4, 0.5) is 5.82 Å². The van der Waals surface area contributed by atoms with E-state index in [2.05, 4.69) is 34.2 Å². The third-order valence-electron chi connectivity index (χ3n) is 2.42. The minimum absolute atomic E-state index is 0.418. The molecule has 0 aliphatic heterocycles. The summed E-state index contributed by atoms with van der Waals surface area (Å²) < 4.78 is 1.75. The van der Waals surface area contributed by atoms with Crippen LogP contribution in [-0.2, 0) is 0 Å². The van der Waals surface area contributed by atoms with Gasteiger partial charge in [0, 0.05) is 12.7 Å². The van der Waals surface area contributed by atoms with Gasteiger partial charge in [0.05, 0.1) is 18.1 Å². The Morgan fingerprint density at radius 2 is 2.18 bits per heavy atom. The fraction of sp³-hybridized carbons (Fsp3) is 0.417. The lowest BCUT2D eigenvalue weighted by molar-refractivity contribution is 0.755. The number of anilines is 1. The van der Waals surface area contributed by atoms with Crippen LogP contribution in [0.3, 0.4) is 0 Å². The molecule has 0 spiro atoms. The van der Waals surface area contributed by atoms with Gasteiger partial charge in [-0.1, -0.05) is 13.8 Å². The summed E-state index contributed by atoms with van der Waals surface area (Å²) in [6.07, 6.45) is 5.33. The highest BCUT2D eigenvalue weighted by Crippen LogP contribution is 2.13. The summed E-state index contributed by atoms with van der Waals surface area (Å²) >= 11 is 0. The lowest BCUT2D eigenvalue weighted by Crippen LogP contribution is -2.05. The molecular formula is C12H17N5. The van der Waals surface area contributed by atoms with Crippen molar-refractivity contribution in [3.63, 3.8) is 0 Å². The van der Waals surface area contributed by atoms with Crippen molar-refractivity contribution in [2.75, 3.05) is 11.9 Å². The minimum atomic E-state index is 0.418. The Hall–Kier alpha value is -1.91. The molecule has 0 amide bonds. The van der Waals surface area contributed by atoms with E-state index in [4.69, 9.17) is 0 Å². The minimum Gasteiger partial charge on any atom is -0.369 e. The van der Waals surface area contributed by atoms with Gasteiger partial charge in [0.15, 0.2) is 5.82 Å². The molecule has 0 atom stereocenters. The summed E-state index contributed by atoms with van der Waals surface area (Å²) in [7, 11) is 0. The lowest BCUT2D eigenvalue weighted by Gasteiger charge is -2.04. The first kappa shape index (κ1) is 11.6. The maximum atomic E-state index is 4.47. The molecule has 17 heavy (non-hydrogen) atoms. The Balaban J connectivity index is 2.28. The first-order valence-corrected chi connectivity index (χ1v) is 5.82. The fourth-order valence-electron chi connectivity index (χ4n) is 1.51. The van der Waals surface area contributed by atoms with Crippen molar-refractivity contribution in [1.82, 2.24) is 19.7 Å². The van der Waals surface area contributed by atoms with Crippen molar-refractivity contribution in [2.24, 2.45) is 0 Å². The second kappa shape index (κ2) is 4.95. The largest absolute Gasteiger partial charge is 0.369 e. The quantitative estimate of drug-likeness (QED) is 0.876. The van der Waals surface area contributed by atoms with Gasteiger partial charge in [-0.15, -0.1) is 0 Å². The van der Waals surface area contributed by atoms with E-state index >= 15 is 0 Å². The molecule has 2 heterocycles. The molecule has 0 saturated carbocycles. The van der Waals surface area contributed by atoms with E-state index in [-0.39, 0.29) is 0 Å². The molecule has 1 N–H and O–H groups in total. The fourth-order valence-corrected chi connectivity index (χ4v) is 1.51. The molecule has 0 aromatic carbocycles. The SMILES string of the molecule is CCNc1cncc(-n2ccc(C(C)C)n2)n1. The molecule has 2 aromatic heterocycles. The highest BCUT2D eigenvalue weighted by atomic mass is 15.3. The third kappa shape index (κ3) is 2.61. The Bertz CT molecular complexity index is 489.